The zero-order valence-corrected chi connectivity index (χ0v) is 18.7. The zero-order chi connectivity index (χ0) is 22.5. The number of benzene rings is 1. The number of carbonyl (C=O) groups excluding carboxylic acids is 3. The fraction of sp³-hybridized carbons (Fsp3) is 0.391. The minimum absolute atomic E-state index is 0.0792. The number of ketones is 1. The van der Waals surface area contributed by atoms with Crippen molar-refractivity contribution in [2.45, 2.75) is 26.2 Å². The van der Waals surface area contributed by atoms with Gasteiger partial charge < -0.3 is 19.4 Å². The summed E-state index contributed by atoms with van der Waals surface area (Å²) in [7, 11) is 0. The lowest BCUT2D eigenvalue weighted by atomic mass is 9.97. The molecule has 32 heavy (non-hydrogen) atoms. The van der Waals surface area contributed by atoms with Crippen molar-refractivity contribution >= 4 is 46.1 Å². The van der Waals surface area contributed by atoms with Gasteiger partial charge in [0.25, 0.3) is 6.01 Å². The van der Waals surface area contributed by atoms with E-state index in [0.717, 1.165) is 16.0 Å². The summed E-state index contributed by atoms with van der Waals surface area (Å²) in [6, 6.07) is 11.8. The fourth-order valence-electron chi connectivity index (χ4n) is 3.65. The lowest BCUT2D eigenvalue weighted by molar-refractivity contribution is -0.148. The molecule has 3 heterocycles. The van der Waals surface area contributed by atoms with Crippen molar-refractivity contribution < 1.29 is 23.5 Å². The van der Waals surface area contributed by atoms with Crippen LogP contribution in [0.3, 0.4) is 0 Å². The van der Waals surface area contributed by atoms with Crippen LogP contribution in [-0.2, 0) is 20.7 Å². The number of para-hydroxylation sites is 2. The number of amides is 1. The number of rotatable bonds is 8. The fourth-order valence-corrected chi connectivity index (χ4v) is 4.58. The number of hydrogen-bond acceptors (Lipinski definition) is 8. The van der Waals surface area contributed by atoms with Crippen LogP contribution in [0.5, 0.6) is 0 Å². The molecule has 168 valence electrons. The number of ether oxygens (including phenoxy) is 1. The van der Waals surface area contributed by atoms with E-state index in [2.05, 4.69) is 10.3 Å². The van der Waals surface area contributed by atoms with Crippen LogP contribution in [0.2, 0.25) is 0 Å². The lowest BCUT2D eigenvalue weighted by Crippen LogP contribution is -2.37. The number of hydrogen-bond donors (Lipinski definition) is 1. The van der Waals surface area contributed by atoms with E-state index < -0.39 is 0 Å². The number of carbonyl (C=O) groups is 3. The van der Waals surface area contributed by atoms with Crippen molar-refractivity contribution in [2.75, 3.05) is 31.1 Å². The number of Topliss-reactive ketones (excluding diaryl/α,β-unsaturated/α-hetero) is 1. The Labute approximate surface area is 189 Å². The summed E-state index contributed by atoms with van der Waals surface area (Å²) in [6.07, 6.45) is 1.91. The Hall–Kier alpha value is -3.20. The maximum Gasteiger partial charge on any atom is 0.309 e. The minimum atomic E-state index is -0.335. The van der Waals surface area contributed by atoms with Gasteiger partial charge in [0.2, 0.25) is 11.7 Å². The molecule has 4 rings (SSSR count). The number of piperidine rings is 1. The number of oxazole rings is 1. The van der Waals surface area contributed by atoms with Crippen LogP contribution in [0.15, 0.2) is 40.8 Å². The first-order chi connectivity index (χ1) is 15.5. The highest BCUT2D eigenvalue weighted by Gasteiger charge is 2.28. The van der Waals surface area contributed by atoms with Gasteiger partial charge in [0.15, 0.2) is 12.2 Å². The molecule has 1 N–H and O–H groups in total. The Morgan fingerprint density at radius 1 is 1.19 bits per heavy atom. The van der Waals surface area contributed by atoms with E-state index in [4.69, 9.17) is 9.15 Å². The molecule has 3 aromatic rings. The molecule has 1 aromatic carbocycles. The highest BCUT2D eigenvalue weighted by molar-refractivity contribution is 7.14. The number of esters is 1. The van der Waals surface area contributed by atoms with Crippen molar-refractivity contribution in [3.63, 3.8) is 0 Å². The number of fused-ring (bicyclic) bond motifs is 1. The van der Waals surface area contributed by atoms with Gasteiger partial charge in [-0.25, -0.2) is 0 Å². The molecular weight excluding hydrogens is 430 g/mol. The molecule has 0 unspecified atom stereocenters. The van der Waals surface area contributed by atoms with Gasteiger partial charge in [0.1, 0.15) is 5.52 Å². The number of nitrogens with zero attached hydrogens (tertiary/aromatic N) is 2. The van der Waals surface area contributed by atoms with Gasteiger partial charge >= 0.3 is 5.97 Å². The Balaban J connectivity index is 1.22. The predicted molar refractivity (Wildman–Crippen MR) is 121 cm³/mol. The number of aromatic nitrogens is 1. The van der Waals surface area contributed by atoms with Gasteiger partial charge in [-0.15, -0.1) is 11.3 Å². The monoisotopic (exact) mass is 455 g/mol. The molecule has 1 fully saturated rings. The molecule has 8 nitrogen and oxygen atoms in total. The molecule has 0 spiro atoms. The predicted octanol–water partition coefficient (Wildman–Crippen LogP) is 3.21. The molecule has 0 radical (unpaired) electrons. The van der Waals surface area contributed by atoms with Crippen LogP contribution in [0.1, 0.15) is 34.3 Å². The summed E-state index contributed by atoms with van der Waals surface area (Å²) < 4.78 is 11.1. The molecular formula is C23H25N3O5S. The van der Waals surface area contributed by atoms with E-state index in [0.29, 0.717) is 49.8 Å². The lowest BCUT2D eigenvalue weighted by Gasteiger charge is -2.29. The molecule has 1 saturated heterocycles. The highest BCUT2D eigenvalue weighted by Crippen LogP contribution is 2.27. The summed E-state index contributed by atoms with van der Waals surface area (Å²) in [6.45, 7) is 3.03. The van der Waals surface area contributed by atoms with Gasteiger partial charge in [-0.2, -0.15) is 4.98 Å². The normalized spacial score (nSPS) is 14.5. The number of anilines is 1. The first kappa shape index (κ1) is 22.0. The van der Waals surface area contributed by atoms with Crippen molar-refractivity contribution in [1.82, 2.24) is 10.3 Å². The third-order valence-corrected chi connectivity index (χ3v) is 6.59. The molecule has 1 amide bonds. The first-order valence-electron chi connectivity index (χ1n) is 10.6. The quantitative estimate of drug-likeness (QED) is 0.411. The third-order valence-electron chi connectivity index (χ3n) is 5.41. The van der Waals surface area contributed by atoms with Crippen LogP contribution in [-0.4, -0.2) is 48.9 Å². The van der Waals surface area contributed by atoms with Gasteiger partial charge in [-0.3, -0.25) is 14.4 Å². The number of nitrogens with one attached hydrogen (secondary N) is 1. The Kier molecular flexibility index (Phi) is 6.84. The summed E-state index contributed by atoms with van der Waals surface area (Å²) in [5.74, 6) is -0.861. The summed E-state index contributed by atoms with van der Waals surface area (Å²) in [5, 5.41) is 2.73. The van der Waals surface area contributed by atoms with E-state index in [1.807, 2.05) is 35.2 Å². The molecule has 0 bridgehead atoms. The SMILES string of the molecule is CC(=O)NCCc1ccc(C(=O)COC(=O)C2CCN(c3nc4ccccc4o3)CC2)s1. The maximum absolute atomic E-state index is 12.5. The standard InChI is InChI=1S/C23H25N3O5S/c1-15(27)24-11-8-17-6-7-21(32-17)19(28)14-30-22(29)16-9-12-26(13-10-16)23-25-18-4-2-3-5-20(18)31-23/h2-7,16H,8-14H2,1H3,(H,24,27). The Morgan fingerprint density at radius 3 is 2.72 bits per heavy atom. The van der Waals surface area contributed by atoms with Crippen molar-refractivity contribution in [1.29, 1.82) is 0 Å². The Morgan fingerprint density at radius 2 is 1.97 bits per heavy atom. The van der Waals surface area contributed by atoms with E-state index >= 15 is 0 Å². The Bertz CT molecular complexity index is 1080. The summed E-state index contributed by atoms with van der Waals surface area (Å²) in [5.41, 5.74) is 1.56. The molecule has 0 saturated carbocycles. The summed E-state index contributed by atoms with van der Waals surface area (Å²) >= 11 is 1.36. The second-order valence-electron chi connectivity index (χ2n) is 7.76. The first-order valence-corrected chi connectivity index (χ1v) is 11.4. The summed E-state index contributed by atoms with van der Waals surface area (Å²) in [4.78, 5) is 43.9. The number of thiophene rings is 1. The van der Waals surface area contributed by atoms with E-state index in [-0.39, 0.29) is 30.2 Å². The third kappa shape index (κ3) is 5.34. The second kappa shape index (κ2) is 9.95. The van der Waals surface area contributed by atoms with Crippen molar-refractivity contribution in [3.8, 4) is 0 Å². The second-order valence-corrected chi connectivity index (χ2v) is 8.92. The van der Waals surface area contributed by atoms with Crippen LogP contribution < -0.4 is 10.2 Å². The average Bonchev–Trinajstić information content (AvgIpc) is 3.44. The minimum Gasteiger partial charge on any atom is -0.457 e. The average molecular weight is 456 g/mol. The zero-order valence-electron chi connectivity index (χ0n) is 17.8. The van der Waals surface area contributed by atoms with Crippen LogP contribution in [0.4, 0.5) is 6.01 Å². The van der Waals surface area contributed by atoms with E-state index in [9.17, 15) is 14.4 Å². The smallest absolute Gasteiger partial charge is 0.309 e. The van der Waals surface area contributed by atoms with Crippen molar-refractivity contribution in [2.24, 2.45) is 5.92 Å². The molecule has 2 aromatic heterocycles. The van der Waals surface area contributed by atoms with Crippen molar-refractivity contribution in [3.05, 3.63) is 46.2 Å². The topological polar surface area (TPSA) is 102 Å². The van der Waals surface area contributed by atoms with Crippen LogP contribution in [0, 0.1) is 5.92 Å². The molecule has 0 aliphatic carbocycles. The van der Waals surface area contributed by atoms with E-state index in [1.165, 1.54) is 18.3 Å². The van der Waals surface area contributed by atoms with Crippen LogP contribution in [0.25, 0.3) is 11.1 Å². The molecule has 1 aliphatic heterocycles. The van der Waals surface area contributed by atoms with Gasteiger partial charge in [-0.1, -0.05) is 12.1 Å². The molecule has 9 heteroatoms. The van der Waals surface area contributed by atoms with E-state index in [1.54, 1.807) is 6.07 Å². The molecule has 0 atom stereocenters. The largest absolute Gasteiger partial charge is 0.457 e. The highest BCUT2D eigenvalue weighted by atomic mass is 32.1. The van der Waals surface area contributed by atoms with Crippen LogP contribution >= 0.6 is 11.3 Å². The molecule has 1 aliphatic rings. The maximum atomic E-state index is 12.5. The van der Waals surface area contributed by atoms with Gasteiger partial charge in [0, 0.05) is 31.4 Å². The van der Waals surface area contributed by atoms with Gasteiger partial charge in [0.05, 0.1) is 10.8 Å². The van der Waals surface area contributed by atoms with Gasteiger partial charge in [-0.05, 0) is 43.5 Å².